The van der Waals surface area contributed by atoms with Gasteiger partial charge >= 0.3 is 0 Å². The predicted molar refractivity (Wildman–Crippen MR) is 72.6 cm³/mol. The summed E-state index contributed by atoms with van der Waals surface area (Å²) in [5.74, 6) is 1.04. The number of rotatable bonds is 4. The van der Waals surface area contributed by atoms with E-state index in [1.807, 2.05) is 0 Å². The molecule has 1 N–H and O–H groups in total. The van der Waals surface area contributed by atoms with Crippen molar-refractivity contribution in [2.45, 2.75) is 25.5 Å². The maximum atomic E-state index is 5.86. The largest absolute Gasteiger partial charge is 0.493 e. The summed E-state index contributed by atoms with van der Waals surface area (Å²) in [4.78, 5) is 0. The fourth-order valence-electron chi connectivity index (χ4n) is 2.85. The van der Waals surface area contributed by atoms with Crippen LogP contribution in [0, 0.1) is 0 Å². The number of likely N-dealkylation sites (N-methyl/N-ethyl adjacent to an activating group) is 1. The van der Waals surface area contributed by atoms with Crippen LogP contribution in [-0.4, -0.2) is 39.1 Å². The highest BCUT2D eigenvalue weighted by Gasteiger charge is 2.30. The predicted octanol–water partition coefficient (Wildman–Crippen LogP) is 1.69. The Hall–Kier alpha value is -1.10. The number of hydrogen-bond acceptors (Lipinski definition) is 4. The summed E-state index contributed by atoms with van der Waals surface area (Å²) >= 11 is 0. The third-order valence-corrected chi connectivity index (χ3v) is 3.72. The van der Waals surface area contributed by atoms with E-state index in [2.05, 4.69) is 30.4 Å². The zero-order valence-electron chi connectivity index (χ0n) is 11.4. The number of fused-ring (bicyclic) bond motifs is 1. The molecule has 0 aromatic heterocycles. The van der Waals surface area contributed by atoms with Crippen molar-refractivity contribution in [1.82, 2.24) is 5.32 Å². The molecule has 2 aliphatic heterocycles. The lowest BCUT2D eigenvalue weighted by atomic mass is 9.97. The molecule has 4 heteroatoms. The normalized spacial score (nSPS) is 23.7. The van der Waals surface area contributed by atoms with Crippen molar-refractivity contribution in [1.29, 1.82) is 0 Å². The highest BCUT2D eigenvalue weighted by molar-refractivity contribution is 5.46. The van der Waals surface area contributed by atoms with Crippen molar-refractivity contribution < 1.29 is 14.2 Å². The van der Waals surface area contributed by atoms with Crippen LogP contribution < -0.4 is 10.1 Å². The van der Waals surface area contributed by atoms with Gasteiger partial charge in [0.05, 0.1) is 32.5 Å². The van der Waals surface area contributed by atoms with Gasteiger partial charge in [-0.05, 0) is 12.1 Å². The molecule has 104 valence electrons. The summed E-state index contributed by atoms with van der Waals surface area (Å²) in [5.41, 5.74) is 2.50. The average molecular weight is 263 g/mol. The van der Waals surface area contributed by atoms with Crippen LogP contribution in [-0.2, 0) is 15.9 Å². The molecule has 4 nitrogen and oxygen atoms in total. The lowest BCUT2D eigenvalue weighted by Crippen LogP contribution is -2.40. The van der Waals surface area contributed by atoms with Crippen LogP contribution in [0.4, 0.5) is 0 Å². The Kier molecular flexibility index (Phi) is 4.01. The van der Waals surface area contributed by atoms with Crippen LogP contribution in [0.5, 0.6) is 5.75 Å². The van der Waals surface area contributed by atoms with E-state index >= 15 is 0 Å². The van der Waals surface area contributed by atoms with Gasteiger partial charge in [0.2, 0.25) is 0 Å². The Labute approximate surface area is 114 Å². The molecule has 2 aliphatic rings. The molecule has 0 radical (unpaired) electrons. The first-order valence-corrected chi connectivity index (χ1v) is 7.07. The molecule has 0 saturated carbocycles. The molecule has 0 aliphatic carbocycles. The quantitative estimate of drug-likeness (QED) is 0.897. The standard InChI is InChI=1S/C15H21NO3/c1-2-16-14(13-10-17-8-9-18-13)12-5-3-4-11-6-7-19-15(11)12/h3-5,13-14,16H,2,6-10H2,1H3. The summed E-state index contributed by atoms with van der Waals surface area (Å²) in [7, 11) is 0. The second-order valence-electron chi connectivity index (χ2n) is 4.95. The van der Waals surface area contributed by atoms with E-state index < -0.39 is 0 Å². The highest BCUT2D eigenvalue weighted by Crippen LogP contribution is 2.35. The fourth-order valence-corrected chi connectivity index (χ4v) is 2.85. The lowest BCUT2D eigenvalue weighted by Gasteiger charge is -2.32. The van der Waals surface area contributed by atoms with Gasteiger partial charge in [-0.15, -0.1) is 0 Å². The van der Waals surface area contributed by atoms with E-state index in [0.717, 1.165) is 25.3 Å². The molecule has 19 heavy (non-hydrogen) atoms. The minimum absolute atomic E-state index is 0.0596. The summed E-state index contributed by atoms with van der Waals surface area (Å²) in [5, 5.41) is 3.51. The second kappa shape index (κ2) is 5.90. The van der Waals surface area contributed by atoms with E-state index in [0.29, 0.717) is 19.8 Å². The molecule has 2 unspecified atom stereocenters. The van der Waals surface area contributed by atoms with Crippen LogP contribution >= 0.6 is 0 Å². The van der Waals surface area contributed by atoms with Gasteiger partial charge in [-0.25, -0.2) is 0 Å². The maximum Gasteiger partial charge on any atom is 0.127 e. The van der Waals surface area contributed by atoms with Crippen LogP contribution in [0.15, 0.2) is 18.2 Å². The smallest absolute Gasteiger partial charge is 0.127 e. The van der Waals surface area contributed by atoms with Crippen LogP contribution in [0.2, 0.25) is 0 Å². The molecular weight excluding hydrogens is 242 g/mol. The second-order valence-corrected chi connectivity index (χ2v) is 4.95. The minimum Gasteiger partial charge on any atom is -0.493 e. The Bertz CT molecular complexity index is 429. The summed E-state index contributed by atoms with van der Waals surface area (Å²) < 4.78 is 17.2. The molecule has 1 aromatic carbocycles. The van der Waals surface area contributed by atoms with Gasteiger partial charge in [-0.1, -0.05) is 25.1 Å². The van der Waals surface area contributed by atoms with E-state index in [1.165, 1.54) is 11.1 Å². The number of benzene rings is 1. The van der Waals surface area contributed by atoms with Crippen molar-refractivity contribution in [3.63, 3.8) is 0 Å². The van der Waals surface area contributed by atoms with Crippen LogP contribution in [0.25, 0.3) is 0 Å². The van der Waals surface area contributed by atoms with Crippen molar-refractivity contribution in [2.75, 3.05) is 33.0 Å². The summed E-state index contributed by atoms with van der Waals surface area (Å²) in [6.45, 7) is 5.80. The Morgan fingerprint density at radius 3 is 3.05 bits per heavy atom. The van der Waals surface area contributed by atoms with E-state index in [4.69, 9.17) is 14.2 Å². The molecule has 1 aromatic rings. The third kappa shape index (κ3) is 2.61. The van der Waals surface area contributed by atoms with Crippen LogP contribution in [0.3, 0.4) is 0 Å². The first-order chi connectivity index (χ1) is 9.40. The highest BCUT2D eigenvalue weighted by atomic mass is 16.6. The Morgan fingerprint density at radius 1 is 1.32 bits per heavy atom. The van der Waals surface area contributed by atoms with Gasteiger partial charge in [0.15, 0.2) is 0 Å². The molecule has 0 amide bonds. The van der Waals surface area contributed by atoms with Gasteiger partial charge in [-0.3, -0.25) is 0 Å². The molecule has 1 fully saturated rings. The Balaban J connectivity index is 1.89. The monoisotopic (exact) mass is 263 g/mol. The van der Waals surface area contributed by atoms with Gasteiger partial charge in [0.25, 0.3) is 0 Å². The molecule has 2 heterocycles. The average Bonchev–Trinajstić information content (AvgIpc) is 2.94. The first kappa shape index (κ1) is 12.9. The molecule has 3 rings (SSSR count). The summed E-state index contributed by atoms with van der Waals surface area (Å²) in [6, 6.07) is 6.53. The summed E-state index contributed by atoms with van der Waals surface area (Å²) in [6.07, 6.45) is 1.06. The molecule has 2 atom stereocenters. The minimum atomic E-state index is 0.0596. The SMILES string of the molecule is CCNC(c1cccc2c1OCC2)C1COCCO1. The number of ether oxygens (including phenoxy) is 3. The topological polar surface area (TPSA) is 39.7 Å². The fraction of sp³-hybridized carbons (Fsp3) is 0.600. The van der Waals surface area contributed by atoms with Gasteiger partial charge in [0.1, 0.15) is 11.9 Å². The van der Waals surface area contributed by atoms with Gasteiger partial charge in [0, 0.05) is 12.0 Å². The van der Waals surface area contributed by atoms with Gasteiger partial charge in [-0.2, -0.15) is 0 Å². The van der Waals surface area contributed by atoms with Crippen molar-refractivity contribution in [2.24, 2.45) is 0 Å². The molecular formula is C15H21NO3. The lowest BCUT2D eigenvalue weighted by molar-refractivity contribution is -0.102. The molecule has 0 bridgehead atoms. The first-order valence-electron chi connectivity index (χ1n) is 7.07. The third-order valence-electron chi connectivity index (χ3n) is 3.72. The number of nitrogens with one attached hydrogen (secondary N) is 1. The van der Waals surface area contributed by atoms with E-state index in [-0.39, 0.29) is 12.1 Å². The zero-order valence-corrected chi connectivity index (χ0v) is 11.4. The van der Waals surface area contributed by atoms with Crippen molar-refractivity contribution >= 4 is 0 Å². The van der Waals surface area contributed by atoms with E-state index in [1.54, 1.807) is 0 Å². The van der Waals surface area contributed by atoms with Crippen molar-refractivity contribution in [3.8, 4) is 5.75 Å². The zero-order chi connectivity index (χ0) is 13.1. The Morgan fingerprint density at radius 2 is 2.26 bits per heavy atom. The number of hydrogen-bond donors (Lipinski definition) is 1. The number of para-hydroxylation sites is 1. The van der Waals surface area contributed by atoms with Crippen molar-refractivity contribution in [3.05, 3.63) is 29.3 Å². The van der Waals surface area contributed by atoms with Crippen LogP contribution in [0.1, 0.15) is 24.1 Å². The van der Waals surface area contributed by atoms with Gasteiger partial charge < -0.3 is 19.5 Å². The molecule has 1 saturated heterocycles. The maximum absolute atomic E-state index is 5.86. The van der Waals surface area contributed by atoms with E-state index in [9.17, 15) is 0 Å². The molecule has 0 spiro atoms.